The SMILES string of the molecule is CCOC/C=C/c1ccc(-c2nc(-c3ccc(N4CCOCC4)cc3)c(-c3ccc(N4CCOCC4)cc3)[nH]2)cc1. The second-order valence-electron chi connectivity index (χ2n) is 10.3. The number of hydrogen-bond donors (Lipinski definition) is 1. The van der Waals surface area contributed by atoms with Crippen molar-refractivity contribution in [1.29, 1.82) is 0 Å². The lowest BCUT2D eigenvalue weighted by atomic mass is 10.0. The monoisotopic (exact) mass is 550 g/mol. The molecule has 7 heteroatoms. The Bertz CT molecular complexity index is 1340. The van der Waals surface area contributed by atoms with E-state index in [1.807, 2.05) is 13.0 Å². The predicted octanol–water partition coefficient (Wildman–Crippen LogP) is 6.13. The first-order chi connectivity index (χ1) is 20.3. The smallest absolute Gasteiger partial charge is 0.138 e. The summed E-state index contributed by atoms with van der Waals surface area (Å²) in [6, 6.07) is 26.0. The molecule has 41 heavy (non-hydrogen) atoms. The predicted molar refractivity (Wildman–Crippen MR) is 166 cm³/mol. The summed E-state index contributed by atoms with van der Waals surface area (Å²) in [5, 5.41) is 0. The van der Waals surface area contributed by atoms with Gasteiger partial charge in [-0.25, -0.2) is 4.98 Å². The lowest BCUT2D eigenvalue weighted by Gasteiger charge is -2.29. The topological polar surface area (TPSA) is 62.9 Å². The van der Waals surface area contributed by atoms with Crippen LogP contribution in [0.5, 0.6) is 0 Å². The number of rotatable bonds is 9. The molecule has 7 nitrogen and oxygen atoms in total. The van der Waals surface area contributed by atoms with E-state index in [0.29, 0.717) is 6.61 Å². The van der Waals surface area contributed by atoms with E-state index in [1.54, 1.807) is 0 Å². The summed E-state index contributed by atoms with van der Waals surface area (Å²) in [6.45, 7) is 10.1. The van der Waals surface area contributed by atoms with Crippen LogP contribution in [-0.4, -0.2) is 75.8 Å². The van der Waals surface area contributed by atoms with E-state index in [-0.39, 0.29) is 0 Å². The van der Waals surface area contributed by atoms with Crippen LogP contribution in [0.4, 0.5) is 11.4 Å². The molecule has 2 aliphatic heterocycles. The number of aromatic amines is 1. The van der Waals surface area contributed by atoms with E-state index < -0.39 is 0 Å². The Balaban J connectivity index is 1.31. The van der Waals surface area contributed by atoms with Crippen molar-refractivity contribution in [3.63, 3.8) is 0 Å². The molecular formula is C34H38N4O3. The summed E-state index contributed by atoms with van der Waals surface area (Å²) in [4.78, 5) is 13.6. The van der Waals surface area contributed by atoms with Crippen LogP contribution in [0.25, 0.3) is 40.0 Å². The number of ether oxygens (including phenoxy) is 3. The quantitative estimate of drug-likeness (QED) is 0.253. The van der Waals surface area contributed by atoms with Crippen molar-refractivity contribution in [2.75, 3.05) is 75.6 Å². The van der Waals surface area contributed by atoms with Gasteiger partial charge >= 0.3 is 0 Å². The van der Waals surface area contributed by atoms with E-state index in [4.69, 9.17) is 19.2 Å². The zero-order valence-corrected chi connectivity index (χ0v) is 23.7. The van der Waals surface area contributed by atoms with E-state index in [1.165, 1.54) is 11.4 Å². The molecule has 6 rings (SSSR count). The molecule has 4 aromatic rings. The second-order valence-corrected chi connectivity index (χ2v) is 10.3. The number of aromatic nitrogens is 2. The van der Waals surface area contributed by atoms with Gasteiger partial charge in [0.15, 0.2) is 0 Å². The minimum Gasteiger partial charge on any atom is -0.378 e. The van der Waals surface area contributed by atoms with Gasteiger partial charge < -0.3 is 29.0 Å². The molecule has 3 heterocycles. The number of nitrogens with zero attached hydrogens (tertiary/aromatic N) is 3. The highest BCUT2D eigenvalue weighted by Gasteiger charge is 2.18. The van der Waals surface area contributed by atoms with Gasteiger partial charge in [0.05, 0.1) is 44.4 Å². The highest BCUT2D eigenvalue weighted by atomic mass is 16.5. The lowest BCUT2D eigenvalue weighted by molar-refractivity contribution is 0.122. The van der Waals surface area contributed by atoms with Gasteiger partial charge in [0, 0.05) is 60.9 Å². The maximum Gasteiger partial charge on any atom is 0.138 e. The van der Waals surface area contributed by atoms with E-state index in [0.717, 1.165) is 98.7 Å². The van der Waals surface area contributed by atoms with Gasteiger partial charge in [0.1, 0.15) is 5.82 Å². The molecule has 0 aliphatic carbocycles. The van der Waals surface area contributed by atoms with Crippen LogP contribution in [0.3, 0.4) is 0 Å². The van der Waals surface area contributed by atoms with E-state index >= 15 is 0 Å². The summed E-state index contributed by atoms with van der Waals surface area (Å²) in [5.74, 6) is 0.856. The summed E-state index contributed by atoms with van der Waals surface area (Å²) >= 11 is 0. The van der Waals surface area contributed by atoms with Gasteiger partial charge in [0.2, 0.25) is 0 Å². The Morgan fingerprint density at radius 2 is 1.27 bits per heavy atom. The Labute approximate surface area is 242 Å². The molecule has 0 saturated carbocycles. The Morgan fingerprint density at radius 1 is 0.732 bits per heavy atom. The third kappa shape index (κ3) is 6.54. The number of hydrogen-bond acceptors (Lipinski definition) is 6. The molecule has 0 spiro atoms. The third-order valence-corrected chi connectivity index (χ3v) is 7.67. The fourth-order valence-corrected chi connectivity index (χ4v) is 5.36. The molecule has 1 N–H and O–H groups in total. The minimum atomic E-state index is 0.623. The van der Waals surface area contributed by atoms with Gasteiger partial charge in [-0.3, -0.25) is 0 Å². The summed E-state index contributed by atoms with van der Waals surface area (Å²) in [5.41, 5.74) is 8.81. The molecule has 0 bridgehead atoms. The summed E-state index contributed by atoms with van der Waals surface area (Å²) < 4.78 is 16.5. The van der Waals surface area contributed by atoms with Crippen LogP contribution in [0, 0.1) is 0 Å². The second kappa shape index (κ2) is 13.2. The van der Waals surface area contributed by atoms with Crippen molar-refractivity contribution < 1.29 is 14.2 Å². The van der Waals surface area contributed by atoms with Crippen LogP contribution in [0.2, 0.25) is 0 Å². The zero-order valence-electron chi connectivity index (χ0n) is 23.7. The number of anilines is 2. The molecule has 3 aromatic carbocycles. The maximum atomic E-state index is 5.53. The Hall–Kier alpha value is -3.91. The molecule has 0 unspecified atom stereocenters. The van der Waals surface area contributed by atoms with Crippen molar-refractivity contribution in [1.82, 2.24) is 9.97 Å². The molecular weight excluding hydrogens is 512 g/mol. The number of morpholine rings is 2. The first-order valence-electron chi connectivity index (χ1n) is 14.6. The highest BCUT2D eigenvalue weighted by Crippen LogP contribution is 2.35. The number of H-pyrrole nitrogens is 1. The first-order valence-corrected chi connectivity index (χ1v) is 14.6. The normalized spacial score (nSPS) is 16.0. The average Bonchev–Trinajstić information content (AvgIpc) is 3.50. The van der Waals surface area contributed by atoms with Crippen LogP contribution >= 0.6 is 0 Å². The molecule has 212 valence electrons. The molecule has 0 amide bonds. The van der Waals surface area contributed by atoms with Crippen LogP contribution in [-0.2, 0) is 14.2 Å². The standard InChI is InChI=1S/C34H38N4O3/c1-2-39-21-3-4-26-5-7-29(8-6-26)34-35-32(27-9-13-30(14-10-27)37-17-22-40-23-18-37)33(36-34)28-11-15-31(16-12-28)38-19-24-41-25-20-38/h3-16H,2,17-25H2,1H3,(H,35,36)/b4-3+. The molecule has 2 fully saturated rings. The fourth-order valence-electron chi connectivity index (χ4n) is 5.36. The van der Waals surface area contributed by atoms with Gasteiger partial charge in [-0.1, -0.05) is 60.7 Å². The number of nitrogens with one attached hydrogen (secondary N) is 1. The summed E-state index contributed by atoms with van der Waals surface area (Å²) in [6.07, 6.45) is 4.13. The highest BCUT2D eigenvalue weighted by molar-refractivity contribution is 5.82. The number of imidazole rings is 1. The van der Waals surface area contributed by atoms with Gasteiger partial charge in [-0.2, -0.15) is 0 Å². The van der Waals surface area contributed by atoms with Crippen molar-refractivity contribution in [2.45, 2.75) is 6.92 Å². The van der Waals surface area contributed by atoms with E-state index in [9.17, 15) is 0 Å². The largest absolute Gasteiger partial charge is 0.378 e. The van der Waals surface area contributed by atoms with Crippen molar-refractivity contribution in [3.8, 4) is 33.9 Å². The molecule has 2 aliphatic rings. The molecule has 0 atom stereocenters. The molecule has 1 aromatic heterocycles. The summed E-state index contributed by atoms with van der Waals surface area (Å²) in [7, 11) is 0. The van der Waals surface area contributed by atoms with Gasteiger partial charge in [0.25, 0.3) is 0 Å². The van der Waals surface area contributed by atoms with Gasteiger partial charge in [-0.15, -0.1) is 0 Å². The Kier molecular flexibility index (Phi) is 8.76. The van der Waals surface area contributed by atoms with Crippen LogP contribution in [0.15, 0.2) is 78.9 Å². The fraction of sp³-hybridized carbons (Fsp3) is 0.324. The van der Waals surface area contributed by atoms with Crippen molar-refractivity contribution in [2.24, 2.45) is 0 Å². The van der Waals surface area contributed by atoms with Crippen molar-refractivity contribution in [3.05, 3.63) is 84.4 Å². The lowest BCUT2D eigenvalue weighted by Crippen LogP contribution is -2.36. The van der Waals surface area contributed by atoms with E-state index in [2.05, 4.69) is 93.7 Å². The van der Waals surface area contributed by atoms with Gasteiger partial charge in [-0.05, 0) is 36.8 Å². The third-order valence-electron chi connectivity index (χ3n) is 7.67. The minimum absolute atomic E-state index is 0.623. The molecule has 0 radical (unpaired) electrons. The molecule has 2 saturated heterocycles. The van der Waals surface area contributed by atoms with Crippen molar-refractivity contribution >= 4 is 17.5 Å². The zero-order chi connectivity index (χ0) is 27.9. The van der Waals surface area contributed by atoms with Crippen LogP contribution < -0.4 is 9.80 Å². The average molecular weight is 551 g/mol. The Morgan fingerprint density at radius 3 is 1.83 bits per heavy atom. The number of benzene rings is 3. The first kappa shape index (κ1) is 27.3. The van der Waals surface area contributed by atoms with Crippen LogP contribution in [0.1, 0.15) is 12.5 Å². The maximum absolute atomic E-state index is 5.53.